The smallest absolute Gasteiger partial charge is 0.316 e. The number of esters is 1. The summed E-state index contributed by atoms with van der Waals surface area (Å²) >= 11 is 4.87. The summed E-state index contributed by atoms with van der Waals surface area (Å²) in [4.78, 5) is 12.7. The first kappa shape index (κ1) is 14.2. The molecule has 0 atom stereocenters. The van der Waals surface area contributed by atoms with Crippen molar-refractivity contribution in [2.75, 3.05) is 5.75 Å². The Kier molecular flexibility index (Phi) is 5.48. The van der Waals surface area contributed by atoms with E-state index in [0.717, 1.165) is 14.9 Å². The second kappa shape index (κ2) is 7.36. The van der Waals surface area contributed by atoms with Gasteiger partial charge in [0.1, 0.15) is 6.61 Å². The molecule has 0 aliphatic heterocycles. The van der Waals surface area contributed by atoms with Gasteiger partial charge in [0.15, 0.2) is 0 Å². The average Bonchev–Trinajstić information content (AvgIpc) is 2.44. The topological polar surface area (TPSA) is 26.3 Å². The molecule has 0 saturated carbocycles. The van der Waals surface area contributed by atoms with E-state index in [-0.39, 0.29) is 5.97 Å². The molecule has 0 saturated heterocycles. The van der Waals surface area contributed by atoms with Crippen molar-refractivity contribution >= 4 is 33.7 Å². The number of halogens is 1. The molecule has 0 N–H and O–H groups in total. The predicted octanol–water partition coefficient (Wildman–Crippen LogP) is 4.28. The van der Waals surface area contributed by atoms with Crippen LogP contribution in [-0.4, -0.2) is 11.7 Å². The number of ether oxygens (including phenoxy) is 1. The van der Waals surface area contributed by atoms with Gasteiger partial charge in [0.25, 0.3) is 0 Å². The van der Waals surface area contributed by atoms with Crippen LogP contribution in [0.2, 0.25) is 0 Å². The first-order valence-electron chi connectivity index (χ1n) is 5.82. The van der Waals surface area contributed by atoms with Gasteiger partial charge >= 0.3 is 5.97 Å². The van der Waals surface area contributed by atoms with Crippen LogP contribution in [-0.2, 0) is 16.1 Å². The predicted molar refractivity (Wildman–Crippen MR) is 81.1 cm³/mol. The third-order valence-corrected chi connectivity index (χ3v) is 3.86. The molecule has 0 spiro atoms. The fraction of sp³-hybridized carbons (Fsp3) is 0.133. The molecule has 19 heavy (non-hydrogen) atoms. The van der Waals surface area contributed by atoms with E-state index in [2.05, 4.69) is 15.9 Å². The van der Waals surface area contributed by atoms with Gasteiger partial charge in [-0.15, -0.1) is 11.8 Å². The minimum Gasteiger partial charge on any atom is -0.460 e. The van der Waals surface area contributed by atoms with E-state index in [4.69, 9.17) is 4.74 Å². The molecule has 0 radical (unpaired) electrons. The quantitative estimate of drug-likeness (QED) is 0.602. The van der Waals surface area contributed by atoms with Gasteiger partial charge in [0, 0.05) is 9.37 Å². The SMILES string of the molecule is O=C(CSc1cccc(Br)c1)OCc1ccccc1. The van der Waals surface area contributed by atoms with E-state index in [1.165, 1.54) is 11.8 Å². The summed E-state index contributed by atoms with van der Waals surface area (Å²) in [6.07, 6.45) is 0. The highest BCUT2D eigenvalue weighted by molar-refractivity contribution is 9.10. The summed E-state index contributed by atoms with van der Waals surface area (Å²) in [7, 11) is 0. The zero-order valence-electron chi connectivity index (χ0n) is 10.2. The lowest BCUT2D eigenvalue weighted by Gasteiger charge is -2.05. The molecule has 0 unspecified atom stereocenters. The Morgan fingerprint density at radius 1 is 1.11 bits per heavy atom. The molecule has 0 fully saturated rings. The van der Waals surface area contributed by atoms with Crippen molar-refractivity contribution < 1.29 is 9.53 Å². The lowest BCUT2D eigenvalue weighted by Crippen LogP contribution is -2.07. The van der Waals surface area contributed by atoms with Crippen LogP contribution in [0.3, 0.4) is 0 Å². The molecule has 2 nitrogen and oxygen atoms in total. The van der Waals surface area contributed by atoms with Crippen LogP contribution in [0.15, 0.2) is 64.0 Å². The summed E-state index contributed by atoms with van der Waals surface area (Å²) in [6.45, 7) is 0.332. The molecule has 0 heterocycles. The molecular formula is C15H13BrO2S. The monoisotopic (exact) mass is 336 g/mol. The normalized spacial score (nSPS) is 10.2. The molecule has 0 amide bonds. The van der Waals surface area contributed by atoms with Gasteiger partial charge in [-0.1, -0.05) is 52.3 Å². The van der Waals surface area contributed by atoms with Crippen LogP contribution in [0, 0.1) is 0 Å². The highest BCUT2D eigenvalue weighted by Crippen LogP contribution is 2.22. The number of hydrogen-bond acceptors (Lipinski definition) is 3. The number of hydrogen-bond donors (Lipinski definition) is 0. The number of thioether (sulfide) groups is 1. The summed E-state index contributed by atoms with van der Waals surface area (Å²) in [6, 6.07) is 17.5. The Bertz CT molecular complexity index is 543. The van der Waals surface area contributed by atoms with Crippen molar-refractivity contribution in [2.24, 2.45) is 0 Å². The number of carbonyl (C=O) groups excluding carboxylic acids is 1. The number of benzene rings is 2. The molecule has 98 valence electrons. The highest BCUT2D eigenvalue weighted by Gasteiger charge is 2.05. The maximum atomic E-state index is 11.6. The van der Waals surface area contributed by atoms with Gasteiger partial charge in [0.2, 0.25) is 0 Å². The van der Waals surface area contributed by atoms with E-state index in [1.54, 1.807) is 0 Å². The van der Waals surface area contributed by atoms with Gasteiger partial charge < -0.3 is 4.74 Å². The molecule has 2 aromatic carbocycles. The zero-order chi connectivity index (χ0) is 13.5. The maximum Gasteiger partial charge on any atom is 0.316 e. The van der Waals surface area contributed by atoms with E-state index >= 15 is 0 Å². The van der Waals surface area contributed by atoms with Crippen molar-refractivity contribution in [1.29, 1.82) is 0 Å². The van der Waals surface area contributed by atoms with Crippen molar-refractivity contribution in [3.8, 4) is 0 Å². The van der Waals surface area contributed by atoms with Crippen molar-refractivity contribution in [1.82, 2.24) is 0 Å². The zero-order valence-corrected chi connectivity index (χ0v) is 12.6. The maximum absolute atomic E-state index is 11.6. The fourth-order valence-electron chi connectivity index (χ4n) is 1.48. The number of carbonyl (C=O) groups is 1. The average molecular weight is 337 g/mol. The summed E-state index contributed by atoms with van der Waals surface area (Å²) in [5.74, 6) is 0.123. The number of rotatable bonds is 5. The molecule has 0 aliphatic rings. The van der Waals surface area contributed by atoms with Crippen LogP contribution < -0.4 is 0 Å². The van der Waals surface area contributed by atoms with Crippen LogP contribution in [0.5, 0.6) is 0 Å². The highest BCUT2D eigenvalue weighted by atomic mass is 79.9. The third-order valence-electron chi connectivity index (χ3n) is 2.40. The molecule has 2 rings (SSSR count). The molecule has 0 aliphatic carbocycles. The van der Waals surface area contributed by atoms with Gasteiger partial charge in [-0.3, -0.25) is 4.79 Å². The second-order valence-corrected chi connectivity index (χ2v) is 5.86. The Morgan fingerprint density at radius 2 is 1.89 bits per heavy atom. The van der Waals surface area contributed by atoms with Crippen LogP contribution >= 0.6 is 27.7 Å². The second-order valence-electron chi connectivity index (χ2n) is 3.89. The lowest BCUT2D eigenvalue weighted by molar-refractivity contribution is -0.141. The fourth-order valence-corrected chi connectivity index (χ4v) is 2.78. The van der Waals surface area contributed by atoms with E-state index in [9.17, 15) is 4.79 Å². The summed E-state index contributed by atoms with van der Waals surface area (Å²) in [5, 5.41) is 0. The minimum atomic E-state index is -0.200. The molecule has 4 heteroatoms. The first-order valence-corrected chi connectivity index (χ1v) is 7.60. The summed E-state index contributed by atoms with van der Waals surface area (Å²) < 4.78 is 6.22. The largest absolute Gasteiger partial charge is 0.460 e. The van der Waals surface area contributed by atoms with Gasteiger partial charge in [-0.05, 0) is 23.8 Å². The Morgan fingerprint density at radius 3 is 2.63 bits per heavy atom. The Balaban J connectivity index is 1.76. The van der Waals surface area contributed by atoms with Crippen LogP contribution in [0.4, 0.5) is 0 Å². The van der Waals surface area contributed by atoms with Gasteiger partial charge in [-0.2, -0.15) is 0 Å². The van der Waals surface area contributed by atoms with Crippen LogP contribution in [0.1, 0.15) is 5.56 Å². The molecular weight excluding hydrogens is 324 g/mol. The Labute approximate surface area is 125 Å². The van der Waals surface area contributed by atoms with Crippen molar-refractivity contribution in [3.05, 3.63) is 64.6 Å². The Hall–Kier alpha value is -1.26. The van der Waals surface area contributed by atoms with Crippen molar-refractivity contribution in [2.45, 2.75) is 11.5 Å². The molecule has 0 bridgehead atoms. The molecule has 0 aromatic heterocycles. The first-order chi connectivity index (χ1) is 9.24. The van der Waals surface area contributed by atoms with Gasteiger partial charge in [-0.25, -0.2) is 0 Å². The van der Waals surface area contributed by atoms with E-state index < -0.39 is 0 Å². The standard InChI is InChI=1S/C15H13BrO2S/c16-13-7-4-8-14(9-13)19-11-15(17)18-10-12-5-2-1-3-6-12/h1-9H,10-11H2. The van der Waals surface area contributed by atoms with Gasteiger partial charge in [0.05, 0.1) is 5.75 Å². The van der Waals surface area contributed by atoms with Crippen LogP contribution in [0.25, 0.3) is 0 Å². The van der Waals surface area contributed by atoms with E-state index in [1.807, 2.05) is 54.6 Å². The van der Waals surface area contributed by atoms with Crippen molar-refractivity contribution in [3.63, 3.8) is 0 Å². The third kappa shape index (κ3) is 5.09. The van der Waals surface area contributed by atoms with E-state index in [0.29, 0.717) is 12.4 Å². The molecule has 2 aromatic rings. The summed E-state index contributed by atoms with van der Waals surface area (Å²) in [5.41, 5.74) is 1.00. The lowest BCUT2D eigenvalue weighted by atomic mass is 10.2. The minimum absolute atomic E-state index is 0.200.